The van der Waals surface area contributed by atoms with E-state index in [0.717, 1.165) is 16.6 Å². The molecule has 128 valence electrons. The lowest BCUT2D eigenvalue weighted by atomic mass is 10.2. The number of hydrogen-bond acceptors (Lipinski definition) is 5. The van der Waals surface area contributed by atoms with Gasteiger partial charge in [0.05, 0.1) is 6.61 Å². The highest BCUT2D eigenvalue weighted by Gasteiger charge is 2.26. The molecular formula is C16H26N2O4Si. The van der Waals surface area contributed by atoms with Crippen LogP contribution < -0.4 is 5.84 Å². The Morgan fingerprint density at radius 3 is 2.35 bits per heavy atom. The number of amides is 1. The van der Waals surface area contributed by atoms with Gasteiger partial charge in [-0.2, -0.15) is 0 Å². The van der Waals surface area contributed by atoms with E-state index in [4.69, 9.17) is 15.3 Å². The number of hydrogen-bond donors (Lipinski definition) is 1. The number of carbonyl (C=O) groups is 2. The molecule has 0 fully saturated rings. The number of rotatable bonds is 7. The van der Waals surface area contributed by atoms with Crippen LogP contribution in [0.3, 0.4) is 0 Å². The van der Waals surface area contributed by atoms with Crippen molar-refractivity contribution in [2.75, 3.05) is 6.61 Å². The Morgan fingerprint density at radius 2 is 1.78 bits per heavy atom. The Bertz CT molecular complexity index is 517. The molecule has 7 heteroatoms. The summed E-state index contributed by atoms with van der Waals surface area (Å²) < 4.78 is 10.3. The quantitative estimate of drug-likeness (QED) is 0.272. The second kappa shape index (κ2) is 8.69. The average Bonchev–Trinajstić information content (AvgIpc) is 2.50. The van der Waals surface area contributed by atoms with E-state index in [2.05, 4.69) is 19.6 Å². The Balaban J connectivity index is 2.40. The number of benzene rings is 1. The van der Waals surface area contributed by atoms with Gasteiger partial charge in [0.25, 0.3) is 0 Å². The van der Waals surface area contributed by atoms with Crippen molar-refractivity contribution in [3.8, 4) is 0 Å². The first-order valence-corrected chi connectivity index (χ1v) is 11.3. The number of esters is 1. The standard InChI is InChI=1S/C16H26N2O4Si/c1-13(15(19)22-12-14-8-6-5-7-9-14)18(17)16(20)21-10-11-23(2,3)4/h5-9,13H,10-12,17H2,1-4H3/t13-/m1/s1. The largest absolute Gasteiger partial charge is 0.459 e. The highest BCUT2D eigenvalue weighted by Crippen LogP contribution is 2.09. The van der Waals surface area contributed by atoms with Crippen molar-refractivity contribution in [2.24, 2.45) is 5.84 Å². The predicted octanol–water partition coefficient (Wildman–Crippen LogP) is 2.77. The molecule has 1 aromatic carbocycles. The second-order valence-corrected chi connectivity index (χ2v) is 12.2. The van der Waals surface area contributed by atoms with Crippen LogP contribution in [-0.2, 0) is 20.9 Å². The number of carbonyl (C=O) groups excluding carboxylic acids is 2. The zero-order chi connectivity index (χ0) is 17.5. The molecule has 0 aromatic heterocycles. The lowest BCUT2D eigenvalue weighted by Gasteiger charge is -2.23. The van der Waals surface area contributed by atoms with Crippen molar-refractivity contribution in [1.29, 1.82) is 0 Å². The van der Waals surface area contributed by atoms with Crippen LogP contribution in [-0.4, -0.2) is 37.8 Å². The molecular weight excluding hydrogens is 312 g/mol. The van der Waals surface area contributed by atoms with E-state index in [1.54, 1.807) is 0 Å². The molecule has 23 heavy (non-hydrogen) atoms. The SMILES string of the molecule is C[C@H](C(=O)OCc1ccccc1)N(N)C(=O)OCC[Si](C)(C)C. The van der Waals surface area contributed by atoms with Gasteiger partial charge in [-0.05, 0) is 18.5 Å². The summed E-state index contributed by atoms with van der Waals surface area (Å²) in [5.41, 5.74) is 0.870. The number of hydrazine groups is 1. The molecule has 0 spiro atoms. The van der Waals surface area contributed by atoms with Gasteiger partial charge in [0, 0.05) is 8.07 Å². The summed E-state index contributed by atoms with van der Waals surface area (Å²) in [5.74, 6) is 5.08. The normalized spacial score (nSPS) is 12.4. The van der Waals surface area contributed by atoms with Crippen LogP contribution in [0.25, 0.3) is 0 Å². The van der Waals surface area contributed by atoms with Gasteiger partial charge in [-0.3, -0.25) is 0 Å². The van der Waals surface area contributed by atoms with E-state index < -0.39 is 26.2 Å². The van der Waals surface area contributed by atoms with Crippen LogP contribution in [0.15, 0.2) is 30.3 Å². The fourth-order valence-corrected chi connectivity index (χ4v) is 2.35. The molecule has 0 unspecified atom stereocenters. The third-order valence-electron chi connectivity index (χ3n) is 3.27. The van der Waals surface area contributed by atoms with Gasteiger partial charge in [-0.1, -0.05) is 50.0 Å². The van der Waals surface area contributed by atoms with E-state index in [1.165, 1.54) is 6.92 Å². The van der Waals surface area contributed by atoms with E-state index in [0.29, 0.717) is 6.61 Å². The summed E-state index contributed by atoms with van der Waals surface area (Å²) in [4.78, 5) is 23.8. The van der Waals surface area contributed by atoms with Crippen LogP contribution in [0.4, 0.5) is 4.79 Å². The predicted molar refractivity (Wildman–Crippen MR) is 91.2 cm³/mol. The molecule has 0 radical (unpaired) electrons. The molecule has 0 aliphatic rings. The smallest absolute Gasteiger partial charge is 0.424 e. The van der Waals surface area contributed by atoms with Crippen molar-refractivity contribution in [3.63, 3.8) is 0 Å². The fraction of sp³-hybridized carbons (Fsp3) is 0.500. The molecule has 0 aliphatic carbocycles. The molecule has 1 rings (SSSR count). The summed E-state index contributed by atoms with van der Waals surface area (Å²) in [6.45, 7) is 8.52. The van der Waals surface area contributed by atoms with Gasteiger partial charge in [-0.25, -0.2) is 20.4 Å². The topological polar surface area (TPSA) is 81.9 Å². The zero-order valence-electron chi connectivity index (χ0n) is 14.2. The number of nitrogens with two attached hydrogens (primary N) is 1. The minimum Gasteiger partial charge on any atom is -0.459 e. The molecule has 0 bridgehead atoms. The summed E-state index contributed by atoms with van der Waals surface area (Å²) in [7, 11) is -1.29. The first kappa shape index (κ1) is 19.2. The molecule has 1 aromatic rings. The van der Waals surface area contributed by atoms with Crippen molar-refractivity contribution in [1.82, 2.24) is 5.01 Å². The molecule has 2 N–H and O–H groups in total. The van der Waals surface area contributed by atoms with E-state index in [9.17, 15) is 9.59 Å². The minimum atomic E-state index is -1.29. The number of nitrogens with zero attached hydrogens (tertiary/aromatic N) is 1. The maximum atomic E-state index is 12.0. The van der Waals surface area contributed by atoms with Crippen molar-refractivity contribution < 1.29 is 19.1 Å². The lowest BCUT2D eigenvalue weighted by Crippen LogP contribution is -2.49. The fourth-order valence-electron chi connectivity index (χ4n) is 1.64. The molecule has 1 atom stereocenters. The van der Waals surface area contributed by atoms with Gasteiger partial charge >= 0.3 is 12.1 Å². The molecule has 1 amide bonds. The minimum absolute atomic E-state index is 0.141. The van der Waals surface area contributed by atoms with E-state index in [-0.39, 0.29) is 6.61 Å². The van der Waals surface area contributed by atoms with Gasteiger partial charge in [-0.15, -0.1) is 0 Å². The third-order valence-corrected chi connectivity index (χ3v) is 4.97. The van der Waals surface area contributed by atoms with Crippen LogP contribution >= 0.6 is 0 Å². The Kier molecular flexibility index (Phi) is 7.25. The molecule has 0 saturated carbocycles. The van der Waals surface area contributed by atoms with Gasteiger partial charge < -0.3 is 9.47 Å². The highest BCUT2D eigenvalue weighted by molar-refractivity contribution is 6.76. The molecule has 6 nitrogen and oxygen atoms in total. The van der Waals surface area contributed by atoms with Gasteiger partial charge in [0.1, 0.15) is 12.6 Å². The Labute approximate surface area is 138 Å². The van der Waals surface area contributed by atoms with Crippen LogP contribution in [0, 0.1) is 0 Å². The van der Waals surface area contributed by atoms with Crippen LogP contribution in [0.1, 0.15) is 12.5 Å². The van der Waals surface area contributed by atoms with Crippen molar-refractivity contribution >= 4 is 20.1 Å². The first-order valence-electron chi connectivity index (χ1n) is 7.62. The van der Waals surface area contributed by atoms with Crippen molar-refractivity contribution in [3.05, 3.63) is 35.9 Å². The lowest BCUT2D eigenvalue weighted by molar-refractivity contribution is -0.150. The molecule has 0 aliphatic heterocycles. The van der Waals surface area contributed by atoms with Crippen LogP contribution in [0.2, 0.25) is 25.7 Å². The summed E-state index contributed by atoms with van der Waals surface area (Å²) in [6, 6.07) is 9.24. The van der Waals surface area contributed by atoms with E-state index in [1.807, 2.05) is 30.3 Å². The summed E-state index contributed by atoms with van der Waals surface area (Å²) in [6.07, 6.45) is -0.715. The monoisotopic (exact) mass is 338 g/mol. The maximum Gasteiger partial charge on any atom is 0.424 e. The van der Waals surface area contributed by atoms with Crippen molar-refractivity contribution in [2.45, 2.75) is 45.3 Å². The molecule has 0 saturated heterocycles. The first-order chi connectivity index (χ1) is 10.7. The maximum absolute atomic E-state index is 12.0. The van der Waals surface area contributed by atoms with Gasteiger partial charge in [0.15, 0.2) is 0 Å². The van der Waals surface area contributed by atoms with Gasteiger partial charge in [0.2, 0.25) is 0 Å². The second-order valence-electron chi connectivity index (χ2n) is 6.60. The Morgan fingerprint density at radius 1 is 1.17 bits per heavy atom. The highest BCUT2D eigenvalue weighted by atomic mass is 28.3. The van der Waals surface area contributed by atoms with E-state index >= 15 is 0 Å². The molecule has 0 heterocycles. The number of ether oxygens (including phenoxy) is 2. The summed E-state index contributed by atoms with van der Waals surface area (Å²) in [5, 5.41) is 0.775. The summed E-state index contributed by atoms with van der Waals surface area (Å²) >= 11 is 0. The zero-order valence-corrected chi connectivity index (χ0v) is 15.2. The Hall–Kier alpha value is -1.86. The van der Waals surface area contributed by atoms with Crippen LogP contribution in [0.5, 0.6) is 0 Å². The average molecular weight is 338 g/mol. The third kappa shape index (κ3) is 7.29.